The minimum atomic E-state index is -3.65. The van der Waals surface area contributed by atoms with Crippen molar-refractivity contribution in [1.29, 1.82) is 0 Å². The van der Waals surface area contributed by atoms with E-state index in [2.05, 4.69) is 5.32 Å². The number of rotatable bonds is 4. The van der Waals surface area contributed by atoms with Gasteiger partial charge in [-0.05, 0) is 49.2 Å². The second-order valence-electron chi connectivity index (χ2n) is 6.21. The second-order valence-corrected chi connectivity index (χ2v) is 8.12. The average molecular weight is 362 g/mol. The molecule has 0 amide bonds. The molecule has 3 rings (SSSR count). The fourth-order valence-electron chi connectivity index (χ4n) is 2.84. The molecule has 2 N–H and O–H groups in total. The number of nitrogens with one attached hydrogen (secondary N) is 1. The summed E-state index contributed by atoms with van der Waals surface area (Å²) < 4.78 is 33.4. The van der Waals surface area contributed by atoms with E-state index in [1.54, 1.807) is 24.3 Å². The maximum absolute atomic E-state index is 13.1. The van der Waals surface area contributed by atoms with Gasteiger partial charge in [0.15, 0.2) is 0 Å². The second kappa shape index (κ2) is 7.03. The van der Waals surface area contributed by atoms with E-state index < -0.39 is 10.0 Å². The van der Waals surface area contributed by atoms with Gasteiger partial charge in [-0.1, -0.05) is 6.07 Å². The minimum absolute atomic E-state index is 0.0774. The number of nitrogens with zero attached hydrogens (tertiary/aromatic N) is 1. The summed E-state index contributed by atoms with van der Waals surface area (Å²) in [6.45, 7) is 5.81. The van der Waals surface area contributed by atoms with E-state index in [4.69, 9.17) is 4.74 Å². The van der Waals surface area contributed by atoms with Gasteiger partial charge in [-0.3, -0.25) is 0 Å². The van der Waals surface area contributed by atoms with Gasteiger partial charge in [-0.15, -0.1) is 0 Å². The normalized spacial score (nSPS) is 15.9. The van der Waals surface area contributed by atoms with Crippen LogP contribution in [0.2, 0.25) is 0 Å². The predicted molar refractivity (Wildman–Crippen MR) is 95.7 cm³/mol. The Morgan fingerprint density at radius 3 is 2.44 bits per heavy atom. The monoisotopic (exact) mass is 362 g/mol. The molecule has 0 unspecified atom stereocenters. The Morgan fingerprint density at radius 2 is 1.76 bits per heavy atom. The molecule has 0 atom stereocenters. The number of piperazine rings is 1. The largest absolute Gasteiger partial charge is 0.508 e. The number of ether oxygens (including phenoxy) is 1. The molecule has 1 aliphatic heterocycles. The maximum Gasteiger partial charge on any atom is 0.246 e. The third-order valence-electron chi connectivity index (χ3n) is 4.06. The minimum Gasteiger partial charge on any atom is -0.508 e. The highest BCUT2D eigenvalue weighted by atomic mass is 32.2. The van der Waals surface area contributed by atoms with Gasteiger partial charge in [0.25, 0.3) is 0 Å². The summed E-state index contributed by atoms with van der Waals surface area (Å²) in [5, 5.41) is 12.9. The first-order valence-electron chi connectivity index (χ1n) is 8.16. The van der Waals surface area contributed by atoms with Crippen molar-refractivity contribution in [3.05, 3.63) is 47.5 Å². The van der Waals surface area contributed by atoms with Crippen LogP contribution in [0.15, 0.2) is 41.3 Å². The highest BCUT2D eigenvalue weighted by Gasteiger charge is 2.29. The molecular weight excluding hydrogens is 340 g/mol. The van der Waals surface area contributed by atoms with Gasteiger partial charge in [0.2, 0.25) is 10.0 Å². The molecule has 2 aromatic carbocycles. The van der Waals surface area contributed by atoms with Gasteiger partial charge in [-0.2, -0.15) is 4.31 Å². The summed E-state index contributed by atoms with van der Waals surface area (Å²) in [4.78, 5) is 0.149. The van der Waals surface area contributed by atoms with Gasteiger partial charge >= 0.3 is 0 Å². The molecule has 1 saturated heterocycles. The maximum atomic E-state index is 13.1. The third kappa shape index (κ3) is 3.95. The molecule has 0 bridgehead atoms. The Labute approximate surface area is 148 Å². The van der Waals surface area contributed by atoms with Crippen LogP contribution in [0.4, 0.5) is 0 Å². The molecular formula is C18H22N2O4S. The van der Waals surface area contributed by atoms with Crippen molar-refractivity contribution in [3.63, 3.8) is 0 Å². The molecule has 1 heterocycles. The van der Waals surface area contributed by atoms with E-state index >= 15 is 0 Å². The molecule has 1 aliphatic rings. The van der Waals surface area contributed by atoms with E-state index in [9.17, 15) is 13.5 Å². The highest BCUT2D eigenvalue weighted by molar-refractivity contribution is 7.89. The van der Waals surface area contributed by atoms with Gasteiger partial charge in [-0.25, -0.2) is 8.42 Å². The zero-order valence-corrected chi connectivity index (χ0v) is 15.1. The molecule has 25 heavy (non-hydrogen) atoms. The molecule has 0 radical (unpaired) electrons. The van der Waals surface area contributed by atoms with Crippen LogP contribution in [0, 0.1) is 13.8 Å². The van der Waals surface area contributed by atoms with Crippen molar-refractivity contribution < 1.29 is 18.3 Å². The lowest BCUT2D eigenvalue weighted by atomic mass is 10.2. The lowest BCUT2D eigenvalue weighted by Crippen LogP contribution is -2.46. The summed E-state index contributed by atoms with van der Waals surface area (Å²) in [6.07, 6.45) is 0. The topological polar surface area (TPSA) is 78.9 Å². The SMILES string of the molecule is Cc1cc(O)cc(Oc2ccc(C)cc2S(=O)(=O)N2CCNCC2)c1. The first-order chi connectivity index (χ1) is 11.9. The lowest BCUT2D eigenvalue weighted by Gasteiger charge is -2.27. The summed E-state index contributed by atoms with van der Waals surface area (Å²) in [6, 6.07) is 9.92. The number of phenolic OH excluding ortho intramolecular Hbond substituents is 1. The molecule has 2 aromatic rings. The van der Waals surface area contributed by atoms with Crippen LogP contribution in [0.1, 0.15) is 11.1 Å². The molecule has 134 valence electrons. The van der Waals surface area contributed by atoms with Crippen molar-refractivity contribution in [3.8, 4) is 17.2 Å². The van der Waals surface area contributed by atoms with E-state index in [1.807, 2.05) is 19.9 Å². The summed E-state index contributed by atoms with van der Waals surface area (Å²) in [5.74, 6) is 0.737. The van der Waals surface area contributed by atoms with E-state index in [1.165, 1.54) is 10.4 Å². The first-order valence-corrected chi connectivity index (χ1v) is 9.60. The molecule has 7 heteroatoms. The van der Waals surface area contributed by atoms with Crippen LogP contribution in [0.3, 0.4) is 0 Å². The Bertz CT molecular complexity index is 854. The number of hydrogen-bond acceptors (Lipinski definition) is 5. The predicted octanol–water partition coefficient (Wildman–Crippen LogP) is 2.40. The van der Waals surface area contributed by atoms with Crippen molar-refractivity contribution in [1.82, 2.24) is 9.62 Å². The van der Waals surface area contributed by atoms with Crippen LogP contribution in [0.5, 0.6) is 17.2 Å². The molecule has 1 fully saturated rings. The molecule has 0 aliphatic carbocycles. The number of hydrogen-bond donors (Lipinski definition) is 2. The first kappa shape index (κ1) is 17.7. The van der Waals surface area contributed by atoms with Gasteiger partial charge in [0, 0.05) is 32.2 Å². The van der Waals surface area contributed by atoms with Crippen LogP contribution in [0.25, 0.3) is 0 Å². The van der Waals surface area contributed by atoms with Crippen LogP contribution in [-0.4, -0.2) is 44.0 Å². The molecule has 0 spiro atoms. The quantitative estimate of drug-likeness (QED) is 0.873. The number of benzene rings is 2. The smallest absolute Gasteiger partial charge is 0.246 e. The van der Waals surface area contributed by atoms with Gasteiger partial charge in [0.05, 0.1) is 0 Å². The summed E-state index contributed by atoms with van der Waals surface area (Å²) in [7, 11) is -3.65. The zero-order valence-electron chi connectivity index (χ0n) is 14.3. The number of aryl methyl sites for hydroxylation is 2. The van der Waals surface area contributed by atoms with E-state index in [0.29, 0.717) is 31.9 Å². The van der Waals surface area contributed by atoms with Crippen LogP contribution >= 0.6 is 0 Å². The average Bonchev–Trinajstić information content (AvgIpc) is 2.56. The Kier molecular flexibility index (Phi) is 4.99. The molecule has 0 aromatic heterocycles. The number of sulfonamides is 1. The van der Waals surface area contributed by atoms with Crippen molar-refractivity contribution in [2.75, 3.05) is 26.2 Å². The fraction of sp³-hybridized carbons (Fsp3) is 0.333. The van der Waals surface area contributed by atoms with Gasteiger partial charge < -0.3 is 15.2 Å². The molecule has 6 nitrogen and oxygen atoms in total. The lowest BCUT2D eigenvalue weighted by molar-refractivity contribution is 0.358. The van der Waals surface area contributed by atoms with E-state index in [0.717, 1.165) is 11.1 Å². The van der Waals surface area contributed by atoms with Crippen LogP contribution < -0.4 is 10.1 Å². The Balaban J connectivity index is 2.00. The van der Waals surface area contributed by atoms with Crippen LogP contribution in [-0.2, 0) is 10.0 Å². The summed E-state index contributed by atoms with van der Waals surface area (Å²) >= 11 is 0. The zero-order chi connectivity index (χ0) is 18.0. The van der Waals surface area contributed by atoms with E-state index in [-0.39, 0.29) is 16.4 Å². The van der Waals surface area contributed by atoms with Crippen molar-refractivity contribution in [2.24, 2.45) is 0 Å². The molecule has 0 saturated carbocycles. The van der Waals surface area contributed by atoms with Gasteiger partial charge in [0.1, 0.15) is 22.1 Å². The Hall–Kier alpha value is -2.09. The van der Waals surface area contributed by atoms with Crippen molar-refractivity contribution in [2.45, 2.75) is 18.7 Å². The highest BCUT2D eigenvalue weighted by Crippen LogP contribution is 2.33. The number of phenols is 1. The number of aromatic hydroxyl groups is 1. The summed E-state index contributed by atoms with van der Waals surface area (Å²) in [5.41, 5.74) is 1.67. The Morgan fingerprint density at radius 1 is 1.04 bits per heavy atom. The fourth-order valence-corrected chi connectivity index (χ4v) is 4.48. The third-order valence-corrected chi connectivity index (χ3v) is 5.98. The standard InChI is InChI=1S/C18H22N2O4S/c1-13-3-4-17(24-16-10-14(2)9-15(21)12-16)18(11-13)25(22,23)20-7-5-19-6-8-20/h3-4,9-12,19,21H,5-8H2,1-2H3. The van der Waals surface area contributed by atoms with Crippen molar-refractivity contribution >= 4 is 10.0 Å².